The quantitative estimate of drug-likeness (QED) is 0.770. The van der Waals surface area contributed by atoms with Gasteiger partial charge in [0, 0.05) is 11.9 Å². The lowest BCUT2D eigenvalue weighted by Gasteiger charge is -2.14. The van der Waals surface area contributed by atoms with E-state index in [0.717, 1.165) is 27.9 Å². The topological polar surface area (TPSA) is 87.0 Å². The zero-order valence-electron chi connectivity index (χ0n) is 12.4. The van der Waals surface area contributed by atoms with Gasteiger partial charge in [-0.15, -0.1) is 0 Å². The number of para-hydroxylation sites is 2. The molecule has 0 fully saturated rings. The van der Waals surface area contributed by atoms with Gasteiger partial charge < -0.3 is 16.2 Å². The minimum absolute atomic E-state index is 0.326. The van der Waals surface area contributed by atoms with Crippen molar-refractivity contribution in [3.05, 3.63) is 54.2 Å². The Hall–Kier alpha value is -2.50. The number of nitrogens with two attached hydrogens (primary N) is 2. The molecule has 5 heteroatoms. The summed E-state index contributed by atoms with van der Waals surface area (Å²) in [4.78, 5) is 9.30. The molecule has 1 unspecified atom stereocenters. The van der Waals surface area contributed by atoms with E-state index in [0.29, 0.717) is 12.4 Å². The highest BCUT2D eigenvalue weighted by molar-refractivity contribution is 5.83. The first-order chi connectivity index (χ1) is 10.7. The fourth-order valence-corrected chi connectivity index (χ4v) is 2.45. The molecule has 1 heterocycles. The SMILES string of the molecule is COc1ccccc1-c1nc(C(N)CN)c2ccccc2n1. The molecule has 0 saturated heterocycles. The Balaban J connectivity index is 2.27. The van der Waals surface area contributed by atoms with Crippen LogP contribution in [0.2, 0.25) is 0 Å². The summed E-state index contributed by atoms with van der Waals surface area (Å²) in [5.41, 5.74) is 14.3. The van der Waals surface area contributed by atoms with Crippen LogP contribution in [0, 0.1) is 0 Å². The molecule has 112 valence electrons. The van der Waals surface area contributed by atoms with Crippen molar-refractivity contribution >= 4 is 10.9 Å². The van der Waals surface area contributed by atoms with E-state index in [1.807, 2.05) is 48.5 Å². The smallest absolute Gasteiger partial charge is 0.163 e. The van der Waals surface area contributed by atoms with Crippen LogP contribution in [0.3, 0.4) is 0 Å². The van der Waals surface area contributed by atoms with Crippen molar-refractivity contribution in [1.29, 1.82) is 0 Å². The molecule has 0 spiro atoms. The highest BCUT2D eigenvalue weighted by atomic mass is 16.5. The number of methoxy groups -OCH3 is 1. The molecule has 2 aromatic carbocycles. The van der Waals surface area contributed by atoms with E-state index in [9.17, 15) is 0 Å². The normalized spacial score (nSPS) is 12.3. The Bertz CT molecular complexity index is 804. The summed E-state index contributed by atoms with van der Waals surface area (Å²) in [6, 6.07) is 15.1. The summed E-state index contributed by atoms with van der Waals surface area (Å²) in [5, 5.41) is 0.930. The third-order valence-electron chi connectivity index (χ3n) is 3.59. The maximum absolute atomic E-state index is 6.13. The maximum Gasteiger partial charge on any atom is 0.163 e. The molecule has 0 bridgehead atoms. The van der Waals surface area contributed by atoms with Gasteiger partial charge in [-0.3, -0.25) is 0 Å². The molecule has 22 heavy (non-hydrogen) atoms. The molecule has 0 saturated carbocycles. The Labute approximate surface area is 128 Å². The number of hydrogen-bond donors (Lipinski definition) is 2. The third-order valence-corrected chi connectivity index (χ3v) is 3.59. The highest BCUT2D eigenvalue weighted by Gasteiger charge is 2.16. The van der Waals surface area contributed by atoms with Gasteiger partial charge in [-0.1, -0.05) is 30.3 Å². The number of ether oxygens (including phenoxy) is 1. The van der Waals surface area contributed by atoms with E-state index in [1.54, 1.807) is 7.11 Å². The lowest BCUT2D eigenvalue weighted by atomic mass is 10.1. The highest BCUT2D eigenvalue weighted by Crippen LogP contribution is 2.30. The van der Waals surface area contributed by atoms with Crippen molar-refractivity contribution in [3.63, 3.8) is 0 Å². The predicted molar refractivity (Wildman–Crippen MR) is 87.5 cm³/mol. The van der Waals surface area contributed by atoms with Crippen molar-refractivity contribution < 1.29 is 4.74 Å². The number of fused-ring (bicyclic) bond motifs is 1. The minimum atomic E-state index is -0.332. The molecular weight excluding hydrogens is 276 g/mol. The first kappa shape index (κ1) is 14.4. The summed E-state index contributed by atoms with van der Waals surface area (Å²) in [7, 11) is 1.63. The van der Waals surface area contributed by atoms with Gasteiger partial charge in [0.1, 0.15) is 5.75 Å². The maximum atomic E-state index is 6.13. The van der Waals surface area contributed by atoms with Gasteiger partial charge in [0.15, 0.2) is 5.82 Å². The second-order valence-electron chi connectivity index (χ2n) is 4.99. The van der Waals surface area contributed by atoms with E-state index < -0.39 is 0 Å². The van der Waals surface area contributed by atoms with Gasteiger partial charge in [-0.05, 0) is 18.2 Å². The number of benzene rings is 2. The average Bonchev–Trinajstić information content (AvgIpc) is 2.60. The van der Waals surface area contributed by atoms with E-state index in [1.165, 1.54) is 0 Å². The molecule has 3 rings (SSSR count). The van der Waals surface area contributed by atoms with Crippen molar-refractivity contribution in [1.82, 2.24) is 9.97 Å². The Morgan fingerprint density at radius 1 is 1.05 bits per heavy atom. The molecule has 1 aromatic heterocycles. The van der Waals surface area contributed by atoms with Gasteiger partial charge in [0.25, 0.3) is 0 Å². The Morgan fingerprint density at radius 2 is 1.77 bits per heavy atom. The fraction of sp³-hybridized carbons (Fsp3) is 0.176. The summed E-state index contributed by atoms with van der Waals surface area (Å²) in [6.45, 7) is 0.326. The van der Waals surface area contributed by atoms with Gasteiger partial charge in [-0.2, -0.15) is 0 Å². The first-order valence-electron chi connectivity index (χ1n) is 7.10. The van der Waals surface area contributed by atoms with Crippen molar-refractivity contribution in [3.8, 4) is 17.1 Å². The number of nitrogens with zero attached hydrogens (tertiary/aromatic N) is 2. The zero-order valence-corrected chi connectivity index (χ0v) is 12.4. The molecule has 0 amide bonds. The Morgan fingerprint density at radius 3 is 2.55 bits per heavy atom. The van der Waals surface area contributed by atoms with Crippen LogP contribution >= 0.6 is 0 Å². The third kappa shape index (κ3) is 2.52. The van der Waals surface area contributed by atoms with Crippen LogP contribution < -0.4 is 16.2 Å². The monoisotopic (exact) mass is 294 g/mol. The average molecular weight is 294 g/mol. The summed E-state index contributed by atoms with van der Waals surface area (Å²) in [5.74, 6) is 1.32. The number of rotatable bonds is 4. The van der Waals surface area contributed by atoms with Crippen LogP contribution in [0.25, 0.3) is 22.3 Å². The van der Waals surface area contributed by atoms with Crippen molar-refractivity contribution in [2.24, 2.45) is 11.5 Å². The molecule has 0 radical (unpaired) electrons. The van der Waals surface area contributed by atoms with E-state index in [2.05, 4.69) is 9.97 Å². The van der Waals surface area contributed by atoms with E-state index in [-0.39, 0.29) is 6.04 Å². The van der Waals surface area contributed by atoms with Gasteiger partial charge >= 0.3 is 0 Å². The number of hydrogen-bond acceptors (Lipinski definition) is 5. The molecule has 5 nitrogen and oxygen atoms in total. The van der Waals surface area contributed by atoms with Crippen molar-refractivity contribution in [2.75, 3.05) is 13.7 Å². The van der Waals surface area contributed by atoms with E-state index >= 15 is 0 Å². The van der Waals surface area contributed by atoms with Crippen molar-refractivity contribution in [2.45, 2.75) is 6.04 Å². The molecule has 1 atom stereocenters. The minimum Gasteiger partial charge on any atom is -0.496 e. The van der Waals surface area contributed by atoms with Crippen LogP contribution in [-0.2, 0) is 0 Å². The molecule has 0 aliphatic rings. The molecule has 3 aromatic rings. The summed E-state index contributed by atoms with van der Waals surface area (Å²) < 4.78 is 5.40. The second kappa shape index (κ2) is 6.09. The van der Waals surface area contributed by atoms with Crippen LogP contribution in [0.4, 0.5) is 0 Å². The van der Waals surface area contributed by atoms with Crippen LogP contribution in [0.15, 0.2) is 48.5 Å². The lowest BCUT2D eigenvalue weighted by Crippen LogP contribution is -2.22. The predicted octanol–water partition coefficient (Wildman–Crippen LogP) is 2.26. The first-order valence-corrected chi connectivity index (χ1v) is 7.10. The van der Waals surface area contributed by atoms with Crippen LogP contribution in [0.5, 0.6) is 5.75 Å². The standard InChI is InChI=1S/C17H18N4O/c1-22-15-9-5-3-7-12(15)17-20-14-8-4-2-6-11(14)16(21-17)13(19)10-18/h2-9,13H,10,18-19H2,1H3. The fourth-order valence-electron chi connectivity index (χ4n) is 2.45. The molecule has 0 aliphatic heterocycles. The molecule has 4 N–H and O–H groups in total. The van der Waals surface area contributed by atoms with Crippen LogP contribution in [0.1, 0.15) is 11.7 Å². The second-order valence-corrected chi connectivity index (χ2v) is 4.99. The van der Waals surface area contributed by atoms with Gasteiger partial charge in [0.05, 0.1) is 29.9 Å². The Kier molecular flexibility index (Phi) is 4.00. The molecule has 0 aliphatic carbocycles. The van der Waals surface area contributed by atoms with E-state index in [4.69, 9.17) is 16.2 Å². The summed E-state index contributed by atoms with van der Waals surface area (Å²) >= 11 is 0. The van der Waals surface area contributed by atoms with Crippen LogP contribution in [-0.4, -0.2) is 23.6 Å². The molecular formula is C17H18N4O. The lowest BCUT2D eigenvalue weighted by molar-refractivity contribution is 0.416. The summed E-state index contributed by atoms with van der Waals surface area (Å²) in [6.07, 6.45) is 0. The largest absolute Gasteiger partial charge is 0.496 e. The number of aromatic nitrogens is 2. The van der Waals surface area contributed by atoms with Gasteiger partial charge in [0.2, 0.25) is 0 Å². The van der Waals surface area contributed by atoms with Gasteiger partial charge in [-0.25, -0.2) is 9.97 Å². The zero-order chi connectivity index (χ0) is 15.5.